The Morgan fingerprint density at radius 1 is 1.25 bits per heavy atom. The van der Waals surface area contributed by atoms with Crippen LogP contribution in [0.4, 0.5) is 11.5 Å². The Morgan fingerprint density at radius 3 is 2.80 bits per heavy atom. The van der Waals surface area contributed by atoms with Crippen LogP contribution >= 0.6 is 0 Å². The van der Waals surface area contributed by atoms with Gasteiger partial charge >= 0.3 is 0 Å². The summed E-state index contributed by atoms with van der Waals surface area (Å²) in [7, 11) is -2.88. The third kappa shape index (κ3) is 3.06. The predicted molar refractivity (Wildman–Crippen MR) is 81.0 cm³/mol. The standard InChI is InChI=1S/C14H21N3O2S/c18-20(19)10-4-5-12(11-20)16-13-6-3-7-15-14(13)17-8-1-2-9-17/h3,6-7,12,16H,1-2,4-5,8-11H2. The number of hydrogen-bond acceptors (Lipinski definition) is 5. The molecule has 1 aromatic rings. The second-order valence-corrected chi connectivity index (χ2v) is 7.90. The fourth-order valence-corrected chi connectivity index (χ4v) is 4.68. The van der Waals surface area contributed by atoms with Crippen LogP contribution in [0.3, 0.4) is 0 Å². The second kappa shape index (κ2) is 5.60. The fraction of sp³-hybridized carbons (Fsp3) is 0.643. The van der Waals surface area contributed by atoms with Gasteiger partial charge in [0.2, 0.25) is 0 Å². The first-order chi connectivity index (χ1) is 9.64. The maximum Gasteiger partial charge on any atom is 0.152 e. The lowest BCUT2D eigenvalue weighted by molar-refractivity contribution is 0.562. The first-order valence-corrected chi connectivity index (χ1v) is 9.13. The third-order valence-corrected chi connectivity index (χ3v) is 5.84. The summed E-state index contributed by atoms with van der Waals surface area (Å²) in [5.74, 6) is 1.53. The Morgan fingerprint density at radius 2 is 2.05 bits per heavy atom. The molecule has 0 aromatic carbocycles. The van der Waals surface area contributed by atoms with Crippen LogP contribution < -0.4 is 10.2 Å². The van der Waals surface area contributed by atoms with Crippen molar-refractivity contribution in [3.8, 4) is 0 Å². The minimum absolute atomic E-state index is 0.0132. The predicted octanol–water partition coefficient (Wildman–Crippen LogP) is 1.67. The van der Waals surface area contributed by atoms with Crippen molar-refractivity contribution < 1.29 is 8.42 Å². The van der Waals surface area contributed by atoms with E-state index in [-0.39, 0.29) is 11.8 Å². The molecule has 2 aliphatic rings. The van der Waals surface area contributed by atoms with Gasteiger partial charge in [0, 0.05) is 25.3 Å². The summed E-state index contributed by atoms with van der Waals surface area (Å²) >= 11 is 0. The molecule has 0 spiro atoms. The van der Waals surface area contributed by atoms with Crippen LogP contribution in [0, 0.1) is 0 Å². The molecule has 3 rings (SSSR count). The van der Waals surface area contributed by atoms with Crippen molar-refractivity contribution in [1.29, 1.82) is 0 Å². The summed E-state index contributed by atoms with van der Waals surface area (Å²) in [6.07, 6.45) is 5.87. The first-order valence-electron chi connectivity index (χ1n) is 7.31. The van der Waals surface area contributed by atoms with Crippen molar-refractivity contribution in [3.63, 3.8) is 0 Å². The smallest absolute Gasteiger partial charge is 0.152 e. The topological polar surface area (TPSA) is 62.3 Å². The molecule has 1 unspecified atom stereocenters. The summed E-state index contributed by atoms with van der Waals surface area (Å²) in [6.45, 7) is 2.07. The van der Waals surface area contributed by atoms with E-state index in [4.69, 9.17) is 0 Å². The fourth-order valence-electron chi connectivity index (χ4n) is 3.05. The van der Waals surface area contributed by atoms with Crippen LogP contribution in [-0.2, 0) is 9.84 Å². The zero-order valence-corrected chi connectivity index (χ0v) is 12.4. The van der Waals surface area contributed by atoms with Crippen LogP contribution in [-0.4, -0.2) is 44.0 Å². The minimum Gasteiger partial charge on any atom is -0.378 e. The van der Waals surface area contributed by atoms with E-state index in [0.717, 1.165) is 37.4 Å². The van der Waals surface area contributed by atoms with Gasteiger partial charge in [-0.05, 0) is 37.8 Å². The van der Waals surface area contributed by atoms with Crippen LogP contribution in [0.15, 0.2) is 18.3 Å². The van der Waals surface area contributed by atoms with Crippen molar-refractivity contribution >= 4 is 21.3 Å². The molecular weight excluding hydrogens is 274 g/mol. The molecule has 5 nitrogen and oxygen atoms in total. The molecule has 1 aromatic heterocycles. The van der Waals surface area contributed by atoms with E-state index in [1.54, 1.807) is 6.20 Å². The van der Waals surface area contributed by atoms with Gasteiger partial charge in [-0.25, -0.2) is 13.4 Å². The third-order valence-electron chi connectivity index (χ3n) is 4.01. The second-order valence-electron chi connectivity index (χ2n) is 5.67. The maximum atomic E-state index is 11.7. The highest BCUT2D eigenvalue weighted by atomic mass is 32.2. The molecule has 2 fully saturated rings. The number of sulfone groups is 1. The number of nitrogens with one attached hydrogen (secondary N) is 1. The largest absolute Gasteiger partial charge is 0.378 e. The van der Waals surface area contributed by atoms with Crippen molar-refractivity contribution in [2.45, 2.75) is 31.7 Å². The summed E-state index contributed by atoms with van der Waals surface area (Å²) in [6, 6.07) is 3.92. The minimum atomic E-state index is -2.88. The van der Waals surface area contributed by atoms with Gasteiger partial charge < -0.3 is 10.2 Å². The van der Waals surface area contributed by atoms with E-state index < -0.39 is 9.84 Å². The van der Waals surface area contributed by atoms with Gasteiger partial charge in [0.15, 0.2) is 15.7 Å². The van der Waals surface area contributed by atoms with Crippen molar-refractivity contribution in [2.24, 2.45) is 0 Å². The van der Waals surface area contributed by atoms with Crippen molar-refractivity contribution in [3.05, 3.63) is 18.3 Å². The Hall–Kier alpha value is -1.30. The van der Waals surface area contributed by atoms with Crippen LogP contribution in [0.1, 0.15) is 25.7 Å². The monoisotopic (exact) mass is 295 g/mol. The lowest BCUT2D eigenvalue weighted by Crippen LogP contribution is -2.35. The number of aromatic nitrogens is 1. The van der Waals surface area contributed by atoms with Gasteiger partial charge in [-0.1, -0.05) is 0 Å². The molecule has 20 heavy (non-hydrogen) atoms. The number of nitrogens with zero attached hydrogens (tertiary/aromatic N) is 2. The zero-order valence-electron chi connectivity index (χ0n) is 11.6. The number of pyridine rings is 1. The molecule has 0 bridgehead atoms. The molecule has 1 atom stereocenters. The molecule has 3 heterocycles. The molecule has 2 aliphatic heterocycles. The SMILES string of the molecule is O=S1(=O)CCCC(Nc2cccnc2N2CCCC2)C1. The molecule has 0 saturated carbocycles. The van der Waals surface area contributed by atoms with E-state index in [1.165, 1.54) is 12.8 Å². The summed E-state index contributed by atoms with van der Waals surface area (Å²) < 4.78 is 23.5. The van der Waals surface area contributed by atoms with Crippen molar-refractivity contribution in [1.82, 2.24) is 4.98 Å². The van der Waals surface area contributed by atoms with Crippen LogP contribution in [0.5, 0.6) is 0 Å². The van der Waals surface area contributed by atoms with Gasteiger partial charge in [0.1, 0.15) is 0 Å². The highest BCUT2D eigenvalue weighted by molar-refractivity contribution is 7.91. The van der Waals surface area contributed by atoms with E-state index in [1.807, 2.05) is 12.1 Å². The van der Waals surface area contributed by atoms with Gasteiger partial charge in [-0.2, -0.15) is 0 Å². The molecule has 0 amide bonds. The Bertz CT molecular complexity index is 568. The number of anilines is 2. The van der Waals surface area contributed by atoms with Crippen LogP contribution in [0.25, 0.3) is 0 Å². The highest BCUT2D eigenvalue weighted by Gasteiger charge is 2.26. The Labute approximate surface area is 120 Å². The lowest BCUT2D eigenvalue weighted by Gasteiger charge is -2.27. The van der Waals surface area contributed by atoms with Crippen molar-refractivity contribution in [2.75, 3.05) is 34.8 Å². The van der Waals surface area contributed by atoms with Gasteiger partial charge in [-0.15, -0.1) is 0 Å². The van der Waals surface area contributed by atoms with E-state index in [9.17, 15) is 8.42 Å². The summed E-state index contributed by atoms with van der Waals surface area (Å²) in [5, 5.41) is 3.40. The van der Waals surface area contributed by atoms with Crippen LogP contribution in [0.2, 0.25) is 0 Å². The average Bonchev–Trinajstić information content (AvgIpc) is 2.92. The van der Waals surface area contributed by atoms with Gasteiger partial charge in [0.25, 0.3) is 0 Å². The van der Waals surface area contributed by atoms with Gasteiger partial charge in [-0.3, -0.25) is 0 Å². The summed E-state index contributed by atoms with van der Waals surface area (Å²) in [4.78, 5) is 6.75. The lowest BCUT2D eigenvalue weighted by atomic mass is 10.2. The highest BCUT2D eigenvalue weighted by Crippen LogP contribution is 2.28. The molecule has 2 saturated heterocycles. The Kier molecular flexibility index (Phi) is 3.83. The molecule has 6 heteroatoms. The van der Waals surface area contributed by atoms with E-state index >= 15 is 0 Å². The first kappa shape index (κ1) is 13.7. The molecule has 110 valence electrons. The number of hydrogen-bond donors (Lipinski definition) is 1. The van der Waals surface area contributed by atoms with E-state index in [0.29, 0.717) is 5.75 Å². The molecule has 1 N–H and O–H groups in total. The Balaban J connectivity index is 1.77. The van der Waals surface area contributed by atoms with Gasteiger partial charge in [0.05, 0.1) is 17.2 Å². The quantitative estimate of drug-likeness (QED) is 0.919. The molecule has 0 radical (unpaired) electrons. The zero-order chi connectivity index (χ0) is 14.0. The number of rotatable bonds is 3. The normalized spacial score (nSPS) is 25.6. The van der Waals surface area contributed by atoms with E-state index in [2.05, 4.69) is 15.2 Å². The summed E-state index contributed by atoms with van der Waals surface area (Å²) in [5.41, 5.74) is 0.969. The molecule has 0 aliphatic carbocycles. The average molecular weight is 295 g/mol. The maximum absolute atomic E-state index is 11.7. The molecular formula is C14H21N3O2S.